The molecular weight excluding hydrogens is 703 g/mol. The van der Waals surface area contributed by atoms with Gasteiger partial charge in [0.2, 0.25) is 0 Å². The summed E-state index contributed by atoms with van der Waals surface area (Å²) in [6.45, 7) is 0.274. The van der Waals surface area contributed by atoms with Crippen molar-refractivity contribution in [1.82, 2.24) is 5.32 Å². The summed E-state index contributed by atoms with van der Waals surface area (Å²) in [7, 11) is 1.49. The fraction of sp³-hybridized carbons (Fsp3) is 0.562. The van der Waals surface area contributed by atoms with Gasteiger partial charge >= 0.3 is 0 Å². The second kappa shape index (κ2) is 13.0. The molecule has 294 valence electrons. The third-order valence-electron chi connectivity index (χ3n) is 16.7. The molecule has 0 amide bonds. The molecule has 1 saturated heterocycles. The molecule has 8 nitrogen and oxygen atoms in total. The standard InChI is InChI=1S/C48H55NO7/c1-56-43-21-35(32(27-50)18-42(43)54)34-19-33(51)25-46(55)15-16-47-14-11-30-24-45(12-5-6-13-45)38-22-37(30)48(47,39-23-41(53)40(52)20-36(38)39)44(46)31(26-49-47)10-9-29(34)17-28-7-3-2-4-8-28/h2-4,7-8,18,20-21,23,29-31,34,37-38,44,49-50,52-55H,5-6,11-17,19,22,24-27H2,1H3. The van der Waals surface area contributed by atoms with Crippen molar-refractivity contribution < 1.29 is 35.1 Å². The maximum atomic E-state index is 14.9. The van der Waals surface area contributed by atoms with Crippen molar-refractivity contribution in [2.45, 2.75) is 118 Å². The molecule has 8 heteroatoms. The number of ether oxygens (including phenoxy) is 1. The maximum Gasteiger partial charge on any atom is 0.160 e. The normalized spacial score (nSPS) is 37.5. The lowest BCUT2D eigenvalue weighted by molar-refractivity contribution is -0.215. The number of aliphatic hydroxyl groups is 2. The highest BCUT2D eigenvalue weighted by molar-refractivity contribution is 5.81. The van der Waals surface area contributed by atoms with Crippen LogP contribution < -0.4 is 10.1 Å². The summed E-state index contributed by atoms with van der Waals surface area (Å²) in [5, 5.41) is 61.4. The lowest BCUT2D eigenvalue weighted by Gasteiger charge is -2.76. The number of rotatable bonds is 5. The molecule has 0 aromatic heterocycles. The van der Waals surface area contributed by atoms with Gasteiger partial charge < -0.3 is 35.6 Å². The number of phenols is 3. The van der Waals surface area contributed by atoms with Gasteiger partial charge in [-0.2, -0.15) is 0 Å². The molecule has 4 saturated carbocycles. The van der Waals surface area contributed by atoms with Gasteiger partial charge in [-0.05, 0) is 133 Å². The van der Waals surface area contributed by atoms with E-state index >= 15 is 0 Å². The number of ketones is 1. The number of aromatic hydroxyl groups is 3. The molecule has 56 heavy (non-hydrogen) atoms. The Morgan fingerprint density at radius 1 is 0.911 bits per heavy atom. The van der Waals surface area contributed by atoms with Gasteiger partial charge in [-0.15, -0.1) is 0 Å². The van der Waals surface area contributed by atoms with Crippen LogP contribution in [-0.2, 0) is 23.2 Å². The smallest absolute Gasteiger partial charge is 0.160 e. The van der Waals surface area contributed by atoms with E-state index in [1.165, 1.54) is 38.9 Å². The Morgan fingerprint density at radius 3 is 2.46 bits per heavy atom. The highest BCUT2D eigenvalue weighted by atomic mass is 16.5. The number of hydrogen-bond donors (Lipinski definition) is 6. The van der Waals surface area contributed by atoms with Crippen molar-refractivity contribution in [3.8, 4) is 34.8 Å². The lowest BCUT2D eigenvalue weighted by atomic mass is 9.31. The predicted molar refractivity (Wildman–Crippen MR) is 211 cm³/mol. The maximum absolute atomic E-state index is 14.9. The third-order valence-corrected chi connectivity index (χ3v) is 16.7. The second-order valence-electron chi connectivity index (χ2n) is 18.9. The summed E-state index contributed by atoms with van der Waals surface area (Å²) >= 11 is 0. The molecule has 4 bridgehead atoms. The quantitative estimate of drug-likeness (QED) is 0.120. The first-order valence-electron chi connectivity index (χ1n) is 21.2. The Kier molecular flexibility index (Phi) is 8.43. The van der Waals surface area contributed by atoms with Crippen LogP contribution in [0.5, 0.6) is 23.0 Å². The Morgan fingerprint density at radius 2 is 1.70 bits per heavy atom. The highest BCUT2D eigenvalue weighted by Crippen LogP contribution is 2.76. The molecule has 3 aromatic rings. The van der Waals surface area contributed by atoms with Crippen LogP contribution in [0.4, 0.5) is 0 Å². The van der Waals surface area contributed by atoms with Crippen LogP contribution >= 0.6 is 0 Å². The van der Waals surface area contributed by atoms with E-state index in [1.54, 1.807) is 6.07 Å². The average molecular weight is 758 g/mol. The number of hydrogen-bond acceptors (Lipinski definition) is 8. The van der Waals surface area contributed by atoms with E-state index in [-0.39, 0.29) is 88.8 Å². The van der Waals surface area contributed by atoms with Crippen LogP contribution in [0.3, 0.4) is 0 Å². The molecule has 0 radical (unpaired) electrons. The summed E-state index contributed by atoms with van der Waals surface area (Å²) < 4.78 is 5.54. The van der Waals surface area contributed by atoms with Gasteiger partial charge in [-0.3, -0.25) is 4.79 Å². The monoisotopic (exact) mass is 757 g/mol. The zero-order valence-electron chi connectivity index (χ0n) is 32.4. The van der Waals surface area contributed by atoms with Crippen LogP contribution in [0, 0.1) is 46.8 Å². The van der Waals surface area contributed by atoms with Gasteiger partial charge in [0.25, 0.3) is 0 Å². The van der Waals surface area contributed by atoms with Crippen LogP contribution in [0.2, 0.25) is 0 Å². The van der Waals surface area contributed by atoms with Crippen molar-refractivity contribution in [3.63, 3.8) is 0 Å². The first-order chi connectivity index (χ1) is 27.0. The molecule has 5 fully saturated rings. The van der Waals surface area contributed by atoms with Crippen molar-refractivity contribution in [2.75, 3.05) is 13.7 Å². The zero-order chi connectivity index (χ0) is 38.6. The van der Waals surface area contributed by atoms with E-state index in [0.717, 1.165) is 54.4 Å². The van der Waals surface area contributed by atoms with Crippen LogP contribution in [0.25, 0.3) is 0 Å². The average Bonchev–Trinajstić information content (AvgIpc) is 3.66. The van der Waals surface area contributed by atoms with Crippen molar-refractivity contribution in [2.24, 2.45) is 35.0 Å². The minimum atomic E-state index is -1.34. The summed E-state index contributed by atoms with van der Waals surface area (Å²) in [4.78, 5) is 14.9. The topological polar surface area (TPSA) is 139 Å². The number of piperidine rings is 1. The second-order valence-corrected chi connectivity index (χ2v) is 18.9. The number of Topliss-reactive ketones (excluding diaryl/α,β-unsaturated/α-hetero) is 1. The molecule has 10 atom stereocenters. The van der Waals surface area contributed by atoms with E-state index in [0.29, 0.717) is 30.9 Å². The predicted octanol–water partition coefficient (Wildman–Crippen LogP) is 7.13. The van der Waals surface area contributed by atoms with Crippen LogP contribution in [0.1, 0.15) is 117 Å². The fourth-order valence-corrected chi connectivity index (χ4v) is 14.7. The molecule has 6 N–H and O–H groups in total. The first kappa shape index (κ1) is 36.3. The Labute approximate surface area is 329 Å². The third kappa shape index (κ3) is 5.05. The van der Waals surface area contributed by atoms with E-state index in [4.69, 9.17) is 4.74 Å². The summed E-state index contributed by atoms with van der Waals surface area (Å²) in [5.41, 5.74) is 2.50. The fourth-order valence-electron chi connectivity index (χ4n) is 14.7. The van der Waals surface area contributed by atoms with Gasteiger partial charge in [0.1, 0.15) is 5.78 Å². The van der Waals surface area contributed by atoms with Crippen LogP contribution in [0.15, 0.2) is 54.6 Å². The number of aliphatic hydroxyl groups excluding tert-OH is 1. The van der Waals surface area contributed by atoms with E-state index in [2.05, 4.69) is 29.3 Å². The minimum absolute atomic E-state index is 0.00391. The molecule has 3 aromatic carbocycles. The van der Waals surface area contributed by atoms with Crippen molar-refractivity contribution >= 4 is 5.78 Å². The van der Waals surface area contributed by atoms with Gasteiger partial charge in [-0.25, -0.2) is 0 Å². The summed E-state index contributed by atoms with van der Waals surface area (Å²) in [5.74, 6) is 7.18. The number of fused-ring (bicyclic) bond motifs is 4. The minimum Gasteiger partial charge on any atom is -0.504 e. The van der Waals surface area contributed by atoms with Gasteiger partial charge in [0.15, 0.2) is 23.0 Å². The number of benzene rings is 3. The number of carbonyl (C=O) groups excluding carboxylic acids is 1. The Hall–Kier alpha value is -4.03. The van der Waals surface area contributed by atoms with E-state index in [9.17, 15) is 30.3 Å². The molecule has 1 heterocycles. The van der Waals surface area contributed by atoms with E-state index in [1.807, 2.05) is 30.3 Å². The van der Waals surface area contributed by atoms with Gasteiger partial charge in [0.05, 0.1) is 19.3 Å². The number of phenolic OH excluding ortho intramolecular Hbond substituents is 3. The van der Waals surface area contributed by atoms with Gasteiger partial charge in [-0.1, -0.05) is 55.0 Å². The molecule has 2 spiro atoms. The molecule has 6 aliphatic carbocycles. The Balaban J connectivity index is 1.18. The van der Waals surface area contributed by atoms with Crippen LogP contribution in [-0.4, -0.2) is 56.1 Å². The first-order valence-corrected chi connectivity index (χ1v) is 21.2. The van der Waals surface area contributed by atoms with Gasteiger partial charge in [0, 0.05) is 54.0 Å². The summed E-state index contributed by atoms with van der Waals surface area (Å²) in [6, 6.07) is 17.2. The highest BCUT2D eigenvalue weighted by Gasteiger charge is 2.76. The van der Waals surface area contributed by atoms with Crippen molar-refractivity contribution in [3.05, 3.63) is 82.4 Å². The SMILES string of the molecule is COc1cc(C2CC(=O)CC3(O)CCC45CCC6CC7(CCCC7)C7CC6C4(c4cc(O)c(O)cc47)C3C(C#CC2Cc2ccccc2)CN5)c(CO)cc1O. The number of methoxy groups -OCH3 is 1. The zero-order valence-corrected chi connectivity index (χ0v) is 32.4. The Bertz CT molecular complexity index is 2130. The number of carbonyl (C=O) groups is 1. The van der Waals surface area contributed by atoms with Crippen molar-refractivity contribution in [1.29, 1.82) is 0 Å². The molecule has 10 rings (SSSR count). The molecule has 1 aliphatic heterocycles. The lowest BCUT2D eigenvalue weighted by Crippen LogP contribution is -2.82. The molecule has 10 unspecified atom stereocenters. The summed E-state index contributed by atoms with van der Waals surface area (Å²) in [6.07, 6.45) is 11.0. The number of nitrogens with one attached hydrogen (secondary N) is 1. The molecular formula is C48H55NO7. The van der Waals surface area contributed by atoms with E-state index < -0.39 is 16.9 Å². The largest absolute Gasteiger partial charge is 0.504 e. The molecule has 7 aliphatic rings.